The molecule has 1 aliphatic carbocycles. The Morgan fingerprint density at radius 3 is 1.88 bits per heavy atom. The average Bonchev–Trinajstić information content (AvgIpc) is 3.02. The lowest BCUT2D eigenvalue weighted by atomic mass is 10.1. The highest BCUT2D eigenvalue weighted by Gasteiger charge is 2.56. The van der Waals surface area contributed by atoms with E-state index in [1.165, 1.54) is 0 Å². The number of anilines is 2. The maximum Gasteiger partial charge on any atom is 0.184 e. The average molecular weight is 475 g/mol. The van der Waals surface area contributed by atoms with Crippen LogP contribution in [0.15, 0.2) is 84.1 Å². The maximum atomic E-state index is 14.4. The number of para-hydroxylation sites is 2. The molecular formula is C30H42N2OSi. The number of hydrogen-bond donors (Lipinski definition) is 1. The summed E-state index contributed by atoms with van der Waals surface area (Å²) in [6.07, 6.45) is 0. The molecule has 3 rings (SSSR count). The topological polar surface area (TPSA) is 32.3 Å². The van der Waals surface area contributed by atoms with Crippen LogP contribution in [-0.2, 0) is 4.79 Å². The Kier molecular flexibility index (Phi) is 8.24. The first-order chi connectivity index (χ1) is 16.1. The molecule has 1 N–H and O–H groups in total. The van der Waals surface area contributed by atoms with Gasteiger partial charge in [-0.05, 0) is 59.0 Å². The van der Waals surface area contributed by atoms with E-state index in [0.717, 1.165) is 34.8 Å². The molecule has 0 radical (unpaired) electrons. The van der Waals surface area contributed by atoms with E-state index in [0.29, 0.717) is 23.2 Å². The minimum absolute atomic E-state index is 0.0594. The molecule has 2 aromatic carbocycles. The van der Waals surface area contributed by atoms with Gasteiger partial charge in [-0.1, -0.05) is 84.5 Å². The number of rotatable bonds is 10. The molecule has 0 amide bonds. The zero-order valence-electron chi connectivity index (χ0n) is 22.1. The van der Waals surface area contributed by atoms with Crippen LogP contribution in [0.1, 0.15) is 48.5 Å². The molecule has 1 atom stereocenters. The molecule has 0 saturated carbocycles. The number of ketones is 1. The molecule has 3 nitrogen and oxygen atoms in total. The molecule has 0 aromatic heterocycles. The summed E-state index contributed by atoms with van der Waals surface area (Å²) >= 11 is 0. The fourth-order valence-corrected chi connectivity index (χ4v) is 14.0. The van der Waals surface area contributed by atoms with Crippen LogP contribution in [0.4, 0.5) is 11.4 Å². The molecule has 1 aliphatic rings. The highest BCUT2D eigenvalue weighted by atomic mass is 28.3. The summed E-state index contributed by atoms with van der Waals surface area (Å²) in [6.45, 7) is 22.1. The zero-order chi connectivity index (χ0) is 25.0. The largest absolute Gasteiger partial charge is 0.383 e. The molecule has 0 spiro atoms. The van der Waals surface area contributed by atoms with Crippen molar-refractivity contribution >= 4 is 25.2 Å². The van der Waals surface area contributed by atoms with Gasteiger partial charge in [0.25, 0.3) is 0 Å². The lowest BCUT2D eigenvalue weighted by molar-refractivity contribution is -0.114. The number of Topliss-reactive ketones (excluding diaryl/α,β-unsaturated/α-hetero) is 1. The second kappa shape index (κ2) is 10.8. The van der Waals surface area contributed by atoms with E-state index >= 15 is 0 Å². The lowest BCUT2D eigenvalue weighted by Crippen LogP contribution is -2.51. The second-order valence-electron chi connectivity index (χ2n) is 10.5. The minimum atomic E-state index is -2.07. The van der Waals surface area contributed by atoms with Crippen LogP contribution in [-0.4, -0.2) is 26.9 Å². The standard InChI is InChI=1S/C30H42N2OSi/c1-21(2)34(22(3)4,23(5)6)30-25(8)24(7)28(29(30)33)32(27-17-13-10-14-18-27)20-19-31-26-15-11-9-12-16-26/h9-18,21-23,30-31H,8,19-20H2,1-7H3. The van der Waals surface area contributed by atoms with Gasteiger partial charge in [0, 0.05) is 30.0 Å². The minimum Gasteiger partial charge on any atom is -0.383 e. The zero-order valence-corrected chi connectivity index (χ0v) is 23.1. The van der Waals surface area contributed by atoms with Crippen LogP contribution in [0.25, 0.3) is 0 Å². The molecule has 182 valence electrons. The van der Waals surface area contributed by atoms with Crippen LogP contribution in [0.3, 0.4) is 0 Å². The van der Waals surface area contributed by atoms with Crippen molar-refractivity contribution in [2.24, 2.45) is 0 Å². The monoisotopic (exact) mass is 474 g/mol. The molecule has 0 saturated heterocycles. The van der Waals surface area contributed by atoms with E-state index in [2.05, 4.69) is 89.5 Å². The van der Waals surface area contributed by atoms with Gasteiger partial charge in [0.1, 0.15) is 0 Å². The fourth-order valence-electron chi connectivity index (χ4n) is 6.56. The molecule has 2 aromatic rings. The second-order valence-corrected chi connectivity index (χ2v) is 16.6. The third kappa shape index (κ3) is 4.65. The van der Waals surface area contributed by atoms with E-state index in [9.17, 15) is 4.79 Å². The van der Waals surface area contributed by atoms with Gasteiger partial charge in [0.05, 0.1) is 13.8 Å². The SMILES string of the molecule is C=C1C(C)=C(N(CCNc2ccccc2)c2ccccc2)C(=O)C1[Si](C(C)C)(C(C)C)C(C)C. The van der Waals surface area contributed by atoms with Gasteiger partial charge in [0.15, 0.2) is 5.78 Å². The van der Waals surface area contributed by atoms with E-state index in [1.807, 2.05) is 36.4 Å². The number of nitrogens with zero attached hydrogens (tertiary/aromatic N) is 1. The Balaban J connectivity index is 2.00. The van der Waals surface area contributed by atoms with Gasteiger partial charge in [-0.15, -0.1) is 0 Å². The number of allylic oxidation sites excluding steroid dienone is 3. The quantitative estimate of drug-likeness (QED) is 0.353. The van der Waals surface area contributed by atoms with Crippen molar-refractivity contribution in [3.05, 3.63) is 84.1 Å². The Hall–Kier alpha value is -2.59. The van der Waals surface area contributed by atoms with E-state index in [4.69, 9.17) is 0 Å². The summed E-state index contributed by atoms with van der Waals surface area (Å²) in [5.74, 6) is 0.286. The highest BCUT2D eigenvalue weighted by molar-refractivity contribution is 6.88. The number of hydrogen-bond acceptors (Lipinski definition) is 3. The Bertz CT molecular complexity index is 1000. The maximum absolute atomic E-state index is 14.4. The summed E-state index contributed by atoms with van der Waals surface area (Å²) in [6, 6.07) is 20.6. The Labute approximate surface area is 208 Å². The summed E-state index contributed by atoms with van der Waals surface area (Å²) in [7, 11) is -2.07. The van der Waals surface area contributed by atoms with Crippen LogP contribution in [0.2, 0.25) is 22.2 Å². The van der Waals surface area contributed by atoms with Gasteiger partial charge in [-0.3, -0.25) is 4.79 Å². The molecular weight excluding hydrogens is 432 g/mol. The highest BCUT2D eigenvalue weighted by Crippen LogP contribution is 2.57. The summed E-state index contributed by atoms with van der Waals surface area (Å²) in [4.78, 5) is 16.6. The first-order valence-electron chi connectivity index (χ1n) is 12.7. The van der Waals surface area contributed by atoms with Crippen LogP contribution in [0.5, 0.6) is 0 Å². The molecule has 0 heterocycles. The van der Waals surface area contributed by atoms with E-state index < -0.39 is 8.07 Å². The molecule has 34 heavy (non-hydrogen) atoms. The van der Waals surface area contributed by atoms with Crippen LogP contribution in [0, 0.1) is 0 Å². The molecule has 1 unspecified atom stereocenters. The van der Waals surface area contributed by atoms with Gasteiger partial charge >= 0.3 is 0 Å². The van der Waals surface area contributed by atoms with Crippen molar-refractivity contribution in [3.63, 3.8) is 0 Å². The lowest BCUT2D eigenvalue weighted by Gasteiger charge is -2.47. The van der Waals surface area contributed by atoms with Gasteiger partial charge in [-0.25, -0.2) is 0 Å². The van der Waals surface area contributed by atoms with Crippen molar-refractivity contribution in [2.45, 2.75) is 70.6 Å². The van der Waals surface area contributed by atoms with E-state index in [-0.39, 0.29) is 11.3 Å². The smallest absolute Gasteiger partial charge is 0.184 e. The van der Waals surface area contributed by atoms with Gasteiger partial charge in [-0.2, -0.15) is 0 Å². The summed E-state index contributed by atoms with van der Waals surface area (Å²) in [5, 5.41) is 3.52. The van der Waals surface area contributed by atoms with Crippen molar-refractivity contribution in [1.29, 1.82) is 0 Å². The molecule has 4 heteroatoms. The molecule has 0 aliphatic heterocycles. The normalized spacial score (nSPS) is 16.8. The van der Waals surface area contributed by atoms with Crippen molar-refractivity contribution in [3.8, 4) is 0 Å². The van der Waals surface area contributed by atoms with Crippen molar-refractivity contribution < 1.29 is 4.79 Å². The Morgan fingerprint density at radius 2 is 1.38 bits per heavy atom. The van der Waals surface area contributed by atoms with Gasteiger partial charge in [0.2, 0.25) is 0 Å². The van der Waals surface area contributed by atoms with Crippen molar-refractivity contribution in [2.75, 3.05) is 23.3 Å². The number of nitrogens with one attached hydrogen (secondary N) is 1. The molecule has 0 bridgehead atoms. The predicted molar refractivity (Wildman–Crippen MR) is 150 cm³/mol. The Morgan fingerprint density at radius 1 is 0.882 bits per heavy atom. The third-order valence-electron chi connectivity index (χ3n) is 7.96. The number of carbonyl (C=O) groups excluding carboxylic acids is 1. The van der Waals surface area contributed by atoms with E-state index in [1.54, 1.807) is 0 Å². The summed E-state index contributed by atoms with van der Waals surface area (Å²) < 4.78 is 0. The number of carbonyl (C=O) groups is 1. The van der Waals surface area contributed by atoms with Gasteiger partial charge < -0.3 is 10.2 Å². The molecule has 0 fully saturated rings. The first kappa shape index (κ1) is 26.0. The van der Waals surface area contributed by atoms with Crippen molar-refractivity contribution in [1.82, 2.24) is 0 Å². The third-order valence-corrected chi connectivity index (χ3v) is 15.6. The fraction of sp³-hybridized carbons (Fsp3) is 0.433. The van der Waals surface area contributed by atoms with Crippen LogP contribution >= 0.6 is 0 Å². The van der Waals surface area contributed by atoms with Crippen LogP contribution < -0.4 is 10.2 Å². The first-order valence-corrected chi connectivity index (χ1v) is 15.0. The summed E-state index contributed by atoms with van der Waals surface area (Å²) in [5.41, 5.74) is 6.54. The number of benzene rings is 2. The predicted octanol–water partition coefficient (Wildman–Crippen LogP) is 8.07.